The van der Waals surface area contributed by atoms with Gasteiger partial charge in [-0.2, -0.15) is 17.0 Å². The lowest BCUT2D eigenvalue weighted by atomic mass is 10.0. The van der Waals surface area contributed by atoms with Crippen LogP contribution in [0.1, 0.15) is 44.9 Å². The predicted molar refractivity (Wildman–Crippen MR) is 79.7 cm³/mol. The third kappa shape index (κ3) is 3.03. The molecule has 0 aromatic rings. The second kappa shape index (κ2) is 6.30. The lowest BCUT2D eigenvalue weighted by Gasteiger charge is -2.44. The second-order valence-corrected chi connectivity index (χ2v) is 8.29. The number of piperazine rings is 1. The van der Waals surface area contributed by atoms with Gasteiger partial charge in [-0.15, -0.1) is 0 Å². The summed E-state index contributed by atoms with van der Waals surface area (Å²) in [5.41, 5.74) is 0. The van der Waals surface area contributed by atoms with Crippen LogP contribution < -0.4 is 0 Å². The summed E-state index contributed by atoms with van der Waals surface area (Å²) in [6, 6.07) is 0.458. The molecule has 116 valence electrons. The summed E-state index contributed by atoms with van der Waals surface area (Å²) in [5, 5.41) is 0. The molecular weight excluding hydrogens is 274 g/mol. The summed E-state index contributed by atoms with van der Waals surface area (Å²) in [6.45, 7) is 4.88. The Hall–Kier alpha value is -0.170. The maximum atomic E-state index is 12.8. The summed E-state index contributed by atoms with van der Waals surface area (Å²) in [6.07, 6.45) is 8.05. The monoisotopic (exact) mass is 301 g/mol. The van der Waals surface area contributed by atoms with Crippen LogP contribution in [-0.4, -0.2) is 67.2 Å². The molecule has 0 spiro atoms. The van der Waals surface area contributed by atoms with Crippen molar-refractivity contribution in [3.8, 4) is 0 Å². The van der Waals surface area contributed by atoms with E-state index < -0.39 is 10.2 Å². The fourth-order valence-electron chi connectivity index (χ4n) is 3.77. The van der Waals surface area contributed by atoms with E-state index in [-0.39, 0.29) is 0 Å². The van der Waals surface area contributed by atoms with E-state index >= 15 is 0 Å². The maximum absolute atomic E-state index is 12.8. The highest BCUT2D eigenvalue weighted by Gasteiger charge is 2.37. The highest BCUT2D eigenvalue weighted by molar-refractivity contribution is 7.86. The van der Waals surface area contributed by atoms with E-state index in [0.717, 1.165) is 32.4 Å². The number of hydrogen-bond donors (Lipinski definition) is 0. The van der Waals surface area contributed by atoms with Crippen molar-refractivity contribution in [1.82, 2.24) is 13.5 Å². The molecule has 3 aliphatic heterocycles. The molecule has 0 radical (unpaired) electrons. The van der Waals surface area contributed by atoms with Crippen molar-refractivity contribution in [2.75, 3.05) is 39.3 Å². The summed E-state index contributed by atoms with van der Waals surface area (Å²) in [7, 11) is -3.22. The number of fused-ring (bicyclic) bond motifs is 1. The first-order valence-electron chi connectivity index (χ1n) is 8.17. The lowest BCUT2D eigenvalue weighted by molar-refractivity contribution is 0.0822. The number of rotatable bonds is 2. The molecule has 0 N–H and O–H groups in total. The highest BCUT2D eigenvalue weighted by Crippen LogP contribution is 2.24. The molecule has 1 atom stereocenters. The largest absolute Gasteiger partial charge is 0.298 e. The molecule has 6 heteroatoms. The molecule has 0 bridgehead atoms. The first-order chi connectivity index (χ1) is 9.68. The number of piperidine rings is 1. The Morgan fingerprint density at radius 2 is 1.40 bits per heavy atom. The molecule has 3 saturated heterocycles. The molecule has 0 aliphatic carbocycles. The van der Waals surface area contributed by atoms with Crippen LogP contribution in [0.25, 0.3) is 0 Å². The number of nitrogens with zero attached hydrogens (tertiary/aromatic N) is 3. The topological polar surface area (TPSA) is 43.9 Å². The van der Waals surface area contributed by atoms with Crippen LogP contribution in [0.2, 0.25) is 0 Å². The summed E-state index contributed by atoms with van der Waals surface area (Å²) in [5.74, 6) is 0. The van der Waals surface area contributed by atoms with Gasteiger partial charge in [0.25, 0.3) is 10.2 Å². The Labute approximate surface area is 123 Å². The molecule has 0 saturated carbocycles. The zero-order chi connectivity index (χ0) is 14.0. The quantitative estimate of drug-likeness (QED) is 0.772. The van der Waals surface area contributed by atoms with E-state index in [2.05, 4.69) is 4.90 Å². The normalized spacial score (nSPS) is 31.7. The minimum atomic E-state index is -3.22. The molecule has 3 fully saturated rings. The minimum absolute atomic E-state index is 0.458. The Balaban J connectivity index is 1.67. The molecule has 0 aromatic heterocycles. The van der Waals surface area contributed by atoms with Crippen molar-refractivity contribution in [2.24, 2.45) is 0 Å². The van der Waals surface area contributed by atoms with E-state index in [1.54, 1.807) is 8.61 Å². The van der Waals surface area contributed by atoms with Gasteiger partial charge in [-0.3, -0.25) is 4.90 Å². The Morgan fingerprint density at radius 3 is 2.15 bits per heavy atom. The molecule has 5 nitrogen and oxygen atoms in total. The van der Waals surface area contributed by atoms with Crippen molar-refractivity contribution >= 4 is 10.2 Å². The molecule has 3 aliphatic rings. The fourth-order valence-corrected chi connectivity index (χ4v) is 5.49. The Kier molecular flexibility index (Phi) is 4.65. The molecule has 20 heavy (non-hydrogen) atoms. The molecule has 3 rings (SSSR count). The molecular formula is C14H27N3O2S. The maximum Gasteiger partial charge on any atom is 0.282 e. The van der Waals surface area contributed by atoms with Crippen molar-refractivity contribution in [3.63, 3.8) is 0 Å². The summed E-state index contributed by atoms with van der Waals surface area (Å²) < 4.78 is 29.1. The van der Waals surface area contributed by atoms with Crippen molar-refractivity contribution in [3.05, 3.63) is 0 Å². The van der Waals surface area contributed by atoms with Crippen LogP contribution in [0.5, 0.6) is 0 Å². The van der Waals surface area contributed by atoms with Gasteiger partial charge in [-0.1, -0.05) is 19.3 Å². The Bertz CT molecular complexity index is 418. The van der Waals surface area contributed by atoms with Gasteiger partial charge in [-0.25, -0.2) is 0 Å². The van der Waals surface area contributed by atoms with Crippen LogP contribution in [0.4, 0.5) is 0 Å². The molecule has 0 aromatic carbocycles. The van der Waals surface area contributed by atoms with Crippen LogP contribution in [-0.2, 0) is 10.2 Å². The smallest absolute Gasteiger partial charge is 0.282 e. The van der Waals surface area contributed by atoms with E-state index in [0.29, 0.717) is 32.2 Å². The van der Waals surface area contributed by atoms with Gasteiger partial charge in [0.1, 0.15) is 0 Å². The van der Waals surface area contributed by atoms with Gasteiger partial charge < -0.3 is 0 Å². The first-order valence-corrected chi connectivity index (χ1v) is 9.57. The van der Waals surface area contributed by atoms with E-state index in [9.17, 15) is 8.42 Å². The van der Waals surface area contributed by atoms with Gasteiger partial charge in [0.15, 0.2) is 0 Å². The first kappa shape index (κ1) is 14.8. The van der Waals surface area contributed by atoms with Crippen LogP contribution >= 0.6 is 0 Å². The standard InChI is InChI=1S/C14H27N3O2S/c18-20(19,16-9-4-1-2-5-10-16)17-12-11-15-8-6-3-7-14(15)13-17/h14H,1-13H2/t14-/m0/s1. The van der Waals surface area contributed by atoms with Gasteiger partial charge in [-0.05, 0) is 32.2 Å². The zero-order valence-electron chi connectivity index (χ0n) is 12.3. The second-order valence-electron chi connectivity index (χ2n) is 6.36. The predicted octanol–water partition coefficient (Wildman–Crippen LogP) is 1.28. The van der Waals surface area contributed by atoms with Crippen LogP contribution in [0.3, 0.4) is 0 Å². The third-order valence-corrected chi connectivity index (χ3v) is 7.02. The molecule has 3 heterocycles. The number of hydrogen-bond acceptors (Lipinski definition) is 3. The van der Waals surface area contributed by atoms with Crippen molar-refractivity contribution < 1.29 is 8.42 Å². The average molecular weight is 301 g/mol. The Morgan fingerprint density at radius 1 is 0.700 bits per heavy atom. The minimum Gasteiger partial charge on any atom is -0.298 e. The summed E-state index contributed by atoms with van der Waals surface area (Å²) >= 11 is 0. The summed E-state index contributed by atoms with van der Waals surface area (Å²) in [4.78, 5) is 2.48. The third-order valence-electron chi connectivity index (χ3n) is 5.02. The van der Waals surface area contributed by atoms with E-state index in [1.165, 1.54) is 25.7 Å². The molecule has 0 unspecified atom stereocenters. The zero-order valence-corrected chi connectivity index (χ0v) is 13.2. The van der Waals surface area contributed by atoms with E-state index in [1.807, 2.05) is 0 Å². The highest BCUT2D eigenvalue weighted by atomic mass is 32.2. The van der Waals surface area contributed by atoms with E-state index in [4.69, 9.17) is 0 Å². The van der Waals surface area contributed by atoms with Gasteiger partial charge in [0.2, 0.25) is 0 Å². The van der Waals surface area contributed by atoms with Gasteiger partial charge >= 0.3 is 0 Å². The van der Waals surface area contributed by atoms with Gasteiger partial charge in [0, 0.05) is 38.8 Å². The van der Waals surface area contributed by atoms with Crippen molar-refractivity contribution in [2.45, 2.75) is 51.0 Å². The van der Waals surface area contributed by atoms with Crippen molar-refractivity contribution in [1.29, 1.82) is 0 Å². The van der Waals surface area contributed by atoms with Crippen LogP contribution in [0, 0.1) is 0 Å². The SMILES string of the molecule is O=S(=O)(N1CCCCCC1)N1CCN2CCCC[C@H]2C1. The average Bonchev–Trinajstić information content (AvgIpc) is 2.76. The molecule has 0 amide bonds. The fraction of sp³-hybridized carbons (Fsp3) is 1.00. The lowest BCUT2D eigenvalue weighted by Crippen LogP contribution is -2.58. The van der Waals surface area contributed by atoms with Crippen LogP contribution in [0.15, 0.2) is 0 Å². The van der Waals surface area contributed by atoms with Gasteiger partial charge in [0.05, 0.1) is 0 Å².